The van der Waals surface area contributed by atoms with Gasteiger partial charge in [0.1, 0.15) is 0 Å². The van der Waals surface area contributed by atoms with Crippen LogP contribution in [0.5, 0.6) is 0 Å². The summed E-state index contributed by atoms with van der Waals surface area (Å²) in [5.74, 6) is 0. The van der Waals surface area contributed by atoms with Crippen LogP contribution in [0.1, 0.15) is 0 Å². The van der Waals surface area contributed by atoms with Crippen LogP contribution in [0, 0.1) is 0 Å². The summed E-state index contributed by atoms with van der Waals surface area (Å²) in [7, 11) is -2.56. The van der Waals surface area contributed by atoms with Crippen molar-refractivity contribution in [3.05, 3.63) is 188 Å². The fraction of sp³-hybridized carbons (Fsp3) is 0. The highest BCUT2D eigenvalue weighted by Crippen LogP contribution is 2.42. The molecule has 0 radical (unpaired) electrons. The van der Waals surface area contributed by atoms with Crippen LogP contribution < -0.4 is 20.7 Å². The van der Waals surface area contributed by atoms with Crippen molar-refractivity contribution in [1.82, 2.24) is 4.57 Å². The number of aromatic nitrogens is 1. The van der Waals surface area contributed by atoms with Gasteiger partial charge in [0.05, 0.1) is 21.4 Å². The minimum atomic E-state index is -2.56. The van der Waals surface area contributed by atoms with Crippen molar-refractivity contribution in [2.24, 2.45) is 0 Å². The Hall–Kier alpha value is -6.00. The lowest BCUT2D eigenvalue weighted by Crippen LogP contribution is -2.72. The van der Waals surface area contributed by atoms with E-state index in [0.29, 0.717) is 0 Å². The summed E-state index contributed by atoms with van der Waals surface area (Å²) in [4.78, 5) is 0. The maximum atomic E-state index is 2.53. The van der Waals surface area contributed by atoms with Gasteiger partial charge in [-0.1, -0.05) is 158 Å². The second-order valence-electron chi connectivity index (χ2n) is 13.6. The van der Waals surface area contributed by atoms with Crippen LogP contribution in [-0.4, -0.2) is 12.6 Å². The van der Waals surface area contributed by atoms with E-state index in [2.05, 4.69) is 193 Å². The molecule has 10 aromatic rings. The molecule has 0 saturated carbocycles. The quantitative estimate of drug-likeness (QED) is 0.163. The maximum absolute atomic E-state index is 2.56. The highest BCUT2D eigenvalue weighted by atomic mass is 32.1. The summed E-state index contributed by atoms with van der Waals surface area (Å²) < 4.78 is 5.09. The van der Waals surface area contributed by atoms with Crippen LogP contribution >= 0.6 is 11.3 Å². The van der Waals surface area contributed by atoms with Crippen LogP contribution in [0.25, 0.3) is 69.9 Å². The van der Waals surface area contributed by atoms with Crippen LogP contribution in [0.15, 0.2) is 188 Å². The molecule has 1 nitrogen and oxygen atoms in total. The van der Waals surface area contributed by atoms with E-state index in [1.807, 2.05) is 11.3 Å². The van der Waals surface area contributed by atoms with Gasteiger partial charge in [-0.2, -0.15) is 0 Å². The number of rotatable bonds is 4. The van der Waals surface area contributed by atoms with Crippen molar-refractivity contribution in [2.75, 3.05) is 0 Å². The predicted octanol–water partition coefficient (Wildman–Crippen LogP) is 10.2. The monoisotopic (exact) mass is 681 g/mol. The molecule has 3 heterocycles. The molecule has 11 rings (SSSR count). The Bertz CT molecular complexity index is 2880. The Balaban J connectivity index is 1.13. The number of hydrogen-bond acceptors (Lipinski definition) is 1. The zero-order valence-electron chi connectivity index (χ0n) is 27.8. The topological polar surface area (TPSA) is 4.93 Å². The van der Waals surface area contributed by atoms with Crippen molar-refractivity contribution in [1.29, 1.82) is 0 Å². The van der Waals surface area contributed by atoms with Crippen LogP contribution in [0.2, 0.25) is 0 Å². The Morgan fingerprint density at radius 1 is 0.392 bits per heavy atom. The minimum Gasteiger partial charge on any atom is -0.308 e. The van der Waals surface area contributed by atoms with E-state index in [4.69, 9.17) is 0 Å². The van der Waals surface area contributed by atoms with E-state index >= 15 is 0 Å². The lowest BCUT2D eigenvalue weighted by molar-refractivity contribution is 1.20. The third kappa shape index (κ3) is 4.02. The molecule has 0 atom stereocenters. The lowest BCUT2D eigenvalue weighted by Gasteiger charge is -2.31. The molecule has 0 bridgehead atoms. The highest BCUT2D eigenvalue weighted by Gasteiger charge is 2.48. The standard InChI is InChI=1S/C48H31NSSi/c1-3-14-34(15-4-1)51(35-16-5-2-6-17-35)46-25-12-9-20-38(46)39-28-26-33(31-47(39)51)32-27-29-45-41(30-32)40-21-13-24-44(48(40)50-45)49-42-22-10-7-18-36(42)37-19-8-11-23-43(37)49/h1-31H. The number of nitrogens with zero attached hydrogens (tertiary/aromatic N) is 1. The molecule has 0 saturated heterocycles. The number of hydrogen-bond donors (Lipinski definition) is 0. The largest absolute Gasteiger partial charge is 0.308 e. The zero-order valence-corrected chi connectivity index (χ0v) is 29.6. The first-order valence-corrected chi connectivity index (χ1v) is 20.4. The Kier molecular flexibility index (Phi) is 6.21. The van der Waals surface area contributed by atoms with Crippen molar-refractivity contribution in [3.63, 3.8) is 0 Å². The molecule has 0 amide bonds. The molecular weight excluding hydrogens is 651 g/mol. The van der Waals surface area contributed by atoms with Crippen LogP contribution in [-0.2, 0) is 0 Å². The molecule has 3 heteroatoms. The predicted molar refractivity (Wildman–Crippen MR) is 222 cm³/mol. The van der Waals surface area contributed by atoms with E-state index in [-0.39, 0.29) is 0 Å². The van der Waals surface area contributed by atoms with Crippen molar-refractivity contribution in [2.45, 2.75) is 0 Å². The van der Waals surface area contributed by atoms with Gasteiger partial charge < -0.3 is 4.57 Å². The first-order valence-electron chi connectivity index (χ1n) is 17.6. The van der Waals surface area contributed by atoms with Gasteiger partial charge in [0.15, 0.2) is 8.07 Å². The SMILES string of the molecule is c1ccc([Si]2(c3ccccc3)c3ccccc3-c3ccc(-c4ccc5sc6c(-n7c8ccccc8c8ccccc87)cccc6c5c4)cc32)cc1. The van der Waals surface area contributed by atoms with Crippen molar-refractivity contribution >= 4 is 82.1 Å². The zero-order chi connectivity index (χ0) is 33.5. The normalized spacial score (nSPS) is 13.3. The van der Waals surface area contributed by atoms with Gasteiger partial charge in [-0.3, -0.25) is 0 Å². The number of fused-ring (bicyclic) bond motifs is 9. The molecule has 1 aliphatic rings. The van der Waals surface area contributed by atoms with E-state index in [9.17, 15) is 0 Å². The minimum absolute atomic E-state index is 1.24. The summed E-state index contributed by atoms with van der Waals surface area (Å²) >= 11 is 1.90. The fourth-order valence-electron chi connectivity index (χ4n) is 8.95. The van der Waals surface area contributed by atoms with E-state index in [0.717, 1.165) is 0 Å². The number of para-hydroxylation sites is 2. The lowest BCUT2D eigenvalue weighted by atomic mass is 9.99. The highest BCUT2D eigenvalue weighted by molar-refractivity contribution is 7.26. The molecule has 8 aromatic carbocycles. The molecular formula is C48H31NSSi. The molecule has 238 valence electrons. The molecule has 2 aromatic heterocycles. The van der Waals surface area contributed by atoms with Gasteiger partial charge in [0.25, 0.3) is 0 Å². The number of benzene rings is 8. The van der Waals surface area contributed by atoms with Crippen molar-refractivity contribution < 1.29 is 0 Å². The van der Waals surface area contributed by atoms with Crippen LogP contribution in [0.3, 0.4) is 0 Å². The van der Waals surface area contributed by atoms with Gasteiger partial charge in [-0.25, -0.2) is 0 Å². The van der Waals surface area contributed by atoms with Crippen LogP contribution in [0.4, 0.5) is 0 Å². The molecule has 1 aliphatic heterocycles. The van der Waals surface area contributed by atoms with Gasteiger partial charge in [-0.05, 0) is 73.3 Å². The average molecular weight is 682 g/mol. The molecule has 0 fully saturated rings. The van der Waals surface area contributed by atoms with Gasteiger partial charge in [0, 0.05) is 26.2 Å². The molecule has 51 heavy (non-hydrogen) atoms. The summed E-state index contributed by atoms with van der Waals surface area (Å²) in [6.45, 7) is 0. The molecule has 0 spiro atoms. The maximum Gasteiger partial charge on any atom is 0.180 e. The molecule has 0 aliphatic carbocycles. The summed E-state index contributed by atoms with van der Waals surface area (Å²) in [5.41, 5.74) is 8.99. The summed E-state index contributed by atoms with van der Waals surface area (Å²) in [6, 6.07) is 70.4. The molecule has 0 unspecified atom stereocenters. The Morgan fingerprint density at radius 3 is 1.69 bits per heavy atom. The summed E-state index contributed by atoms with van der Waals surface area (Å²) in [5, 5.41) is 11.0. The second kappa shape index (κ2) is 11.0. The third-order valence-electron chi connectivity index (χ3n) is 11.1. The smallest absolute Gasteiger partial charge is 0.180 e. The Morgan fingerprint density at radius 2 is 0.961 bits per heavy atom. The Labute approximate surface area is 301 Å². The van der Waals surface area contributed by atoms with E-state index < -0.39 is 8.07 Å². The van der Waals surface area contributed by atoms with E-state index in [1.165, 1.54) is 90.7 Å². The van der Waals surface area contributed by atoms with E-state index in [1.54, 1.807) is 0 Å². The molecule has 0 N–H and O–H groups in total. The fourth-order valence-corrected chi connectivity index (χ4v) is 15.3. The second-order valence-corrected chi connectivity index (χ2v) is 18.4. The average Bonchev–Trinajstić information content (AvgIpc) is 3.85. The van der Waals surface area contributed by atoms with Gasteiger partial charge in [0.2, 0.25) is 0 Å². The van der Waals surface area contributed by atoms with Crippen molar-refractivity contribution in [3.8, 4) is 27.9 Å². The third-order valence-corrected chi connectivity index (χ3v) is 17.2. The first-order chi connectivity index (χ1) is 25.3. The number of thiophene rings is 1. The first kappa shape index (κ1) is 28.8. The summed E-state index contributed by atoms with van der Waals surface area (Å²) in [6.07, 6.45) is 0. The van der Waals surface area contributed by atoms with Gasteiger partial charge >= 0.3 is 0 Å². The van der Waals surface area contributed by atoms with Gasteiger partial charge in [-0.15, -0.1) is 11.3 Å².